The van der Waals surface area contributed by atoms with Gasteiger partial charge in [0.25, 0.3) is 0 Å². The van der Waals surface area contributed by atoms with E-state index >= 15 is 0 Å². The van der Waals surface area contributed by atoms with Gasteiger partial charge in [-0.2, -0.15) is 0 Å². The van der Waals surface area contributed by atoms with Crippen molar-refractivity contribution < 1.29 is 4.39 Å². The SMILES string of the molecule is CC1CNCCCN1Cc1c(F)cccc1Cl. The Labute approximate surface area is 107 Å². The molecule has 0 aromatic heterocycles. The number of nitrogens with zero attached hydrogens (tertiary/aromatic N) is 1. The van der Waals surface area contributed by atoms with Gasteiger partial charge in [-0.25, -0.2) is 4.39 Å². The Kier molecular flexibility index (Phi) is 4.37. The number of halogens is 2. The number of benzene rings is 1. The van der Waals surface area contributed by atoms with Crippen molar-refractivity contribution in [2.75, 3.05) is 19.6 Å². The molecule has 1 atom stereocenters. The molecule has 0 aliphatic carbocycles. The van der Waals surface area contributed by atoms with Gasteiger partial charge in [0, 0.05) is 36.3 Å². The van der Waals surface area contributed by atoms with Crippen LogP contribution in [0.1, 0.15) is 18.9 Å². The van der Waals surface area contributed by atoms with E-state index in [1.807, 2.05) is 0 Å². The molecule has 1 heterocycles. The van der Waals surface area contributed by atoms with Crippen LogP contribution in [0.4, 0.5) is 4.39 Å². The van der Waals surface area contributed by atoms with Crippen LogP contribution in [0.15, 0.2) is 18.2 Å². The van der Waals surface area contributed by atoms with Gasteiger partial charge < -0.3 is 5.32 Å². The Morgan fingerprint density at radius 2 is 2.35 bits per heavy atom. The van der Waals surface area contributed by atoms with E-state index < -0.39 is 0 Å². The molecule has 1 aromatic carbocycles. The fourth-order valence-electron chi connectivity index (χ4n) is 2.19. The lowest BCUT2D eigenvalue weighted by Crippen LogP contribution is -2.37. The molecular weight excluding hydrogens is 239 g/mol. The number of nitrogens with one attached hydrogen (secondary N) is 1. The first-order chi connectivity index (χ1) is 8.18. The summed E-state index contributed by atoms with van der Waals surface area (Å²) in [5.74, 6) is -0.207. The van der Waals surface area contributed by atoms with Gasteiger partial charge in [0.05, 0.1) is 0 Å². The molecule has 0 saturated carbocycles. The maximum Gasteiger partial charge on any atom is 0.129 e. The van der Waals surface area contributed by atoms with Gasteiger partial charge in [0.15, 0.2) is 0 Å². The lowest BCUT2D eigenvalue weighted by atomic mass is 10.1. The van der Waals surface area contributed by atoms with Crippen LogP contribution in [-0.2, 0) is 6.54 Å². The lowest BCUT2D eigenvalue weighted by molar-refractivity contribution is 0.211. The first kappa shape index (κ1) is 12.8. The average molecular weight is 257 g/mol. The van der Waals surface area contributed by atoms with Gasteiger partial charge in [0.2, 0.25) is 0 Å². The van der Waals surface area contributed by atoms with E-state index in [0.717, 1.165) is 26.1 Å². The van der Waals surface area contributed by atoms with Crippen molar-refractivity contribution in [3.05, 3.63) is 34.6 Å². The first-order valence-electron chi connectivity index (χ1n) is 6.06. The molecule has 2 nitrogen and oxygen atoms in total. The Balaban J connectivity index is 2.13. The van der Waals surface area contributed by atoms with E-state index in [4.69, 9.17) is 11.6 Å². The van der Waals surface area contributed by atoms with Crippen molar-refractivity contribution in [1.82, 2.24) is 10.2 Å². The number of hydrogen-bond acceptors (Lipinski definition) is 2. The highest BCUT2D eigenvalue weighted by Crippen LogP contribution is 2.22. The molecule has 17 heavy (non-hydrogen) atoms. The molecular formula is C13H18ClFN2. The van der Waals surface area contributed by atoms with Crippen molar-refractivity contribution in [2.45, 2.75) is 25.9 Å². The van der Waals surface area contributed by atoms with E-state index in [0.29, 0.717) is 23.2 Å². The molecule has 2 rings (SSSR count). The van der Waals surface area contributed by atoms with E-state index in [1.54, 1.807) is 12.1 Å². The predicted molar refractivity (Wildman–Crippen MR) is 68.8 cm³/mol. The number of hydrogen-bond donors (Lipinski definition) is 1. The Morgan fingerprint density at radius 1 is 1.53 bits per heavy atom. The minimum absolute atomic E-state index is 0.207. The molecule has 1 fully saturated rings. The van der Waals surface area contributed by atoms with Crippen LogP contribution in [-0.4, -0.2) is 30.6 Å². The Morgan fingerprint density at radius 3 is 3.12 bits per heavy atom. The third-order valence-corrected chi connectivity index (χ3v) is 3.64. The lowest BCUT2D eigenvalue weighted by Gasteiger charge is -2.27. The molecule has 0 amide bonds. The van der Waals surface area contributed by atoms with Gasteiger partial charge in [-0.05, 0) is 32.0 Å². The normalized spacial score (nSPS) is 22.4. The molecule has 0 radical (unpaired) electrons. The third kappa shape index (κ3) is 3.18. The molecule has 1 N–H and O–H groups in total. The van der Waals surface area contributed by atoms with Crippen LogP contribution < -0.4 is 5.32 Å². The second-order valence-corrected chi connectivity index (χ2v) is 4.98. The third-order valence-electron chi connectivity index (χ3n) is 3.28. The van der Waals surface area contributed by atoms with E-state index in [9.17, 15) is 4.39 Å². The summed E-state index contributed by atoms with van der Waals surface area (Å²) in [5, 5.41) is 3.90. The van der Waals surface area contributed by atoms with E-state index in [-0.39, 0.29) is 5.82 Å². The average Bonchev–Trinajstić information content (AvgIpc) is 2.49. The topological polar surface area (TPSA) is 15.3 Å². The maximum absolute atomic E-state index is 13.7. The maximum atomic E-state index is 13.7. The van der Waals surface area contributed by atoms with E-state index in [2.05, 4.69) is 17.1 Å². The van der Waals surface area contributed by atoms with Gasteiger partial charge in [-0.3, -0.25) is 4.90 Å². The monoisotopic (exact) mass is 256 g/mol. The van der Waals surface area contributed by atoms with E-state index in [1.165, 1.54) is 6.07 Å². The van der Waals surface area contributed by atoms with Crippen LogP contribution >= 0.6 is 11.6 Å². The predicted octanol–water partition coefficient (Wildman–Crippen LogP) is 2.66. The largest absolute Gasteiger partial charge is 0.315 e. The second kappa shape index (κ2) is 5.80. The van der Waals surface area contributed by atoms with Crippen LogP contribution in [0, 0.1) is 5.82 Å². The van der Waals surface area contributed by atoms with Crippen molar-refractivity contribution in [3.63, 3.8) is 0 Å². The standard InChI is InChI=1S/C13H18ClFN2/c1-10-8-16-6-3-7-17(10)9-11-12(14)4-2-5-13(11)15/h2,4-5,10,16H,3,6-9H2,1H3. The molecule has 4 heteroatoms. The molecule has 1 saturated heterocycles. The van der Waals surface area contributed by atoms with Gasteiger partial charge >= 0.3 is 0 Å². The highest BCUT2D eigenvalue weighted by molar-refractivity contribution is 6.31. The van der Waals surface area contributed by atoms with Crippen LogP contribution in [0.5, 0.6) is 0 Å². The van der Waals surface area contributed by atoms with Crippen LogP contribution in [0.25, 0.3) is 0 Å². The highest BCUT2D eigenvalue weighted by Gasteiger charge is 2.19. The molecule has 94 valence electrons. The molecule has 1 unspecified atom stereocenters. The first-order valence-corrected chi connectivity index (χ1v) is 6.44. The summed E-state index contributed by atoms with van der Waals surface area (Å²) in [4.78, 5) is 2.28. The van der Waals surface area contributed by atoms with Crippen molar-refractivity contribution in [2.24, 2.45) is 0 Å². The molecule has 1 aromatic rings. The quantitative estimate of drug-likeness (QED) is 0.875. The molecule has 0 bridgehead atoms. The fourth-order valence-corrected chi connectivity index (χ4v) is 2.41. The van der Waals surface area contributed by atoms with Crippen molar-refractivity contribution >= 4 is 11.6 Å². The van der Waals surface area contributed by atoms with Crippen LogP contribution in [0.2, 0.25) is 5.02 Å². The summed E-state index contributed by atoms with van der Waals surface area (Å²) in [7, 11) is 0. The molecule has 1 aliphatic heterocycles. The molecule has 1 aliphatic rings. The smallest absolute Gasteiger partial charge is 0.129 e. The Hall–Kier alpha value is -0.640. The highest BCUT2D eigenvalue weighted by atomic mass is 35.5. The molecule has 0 spiro atoms. The van der Waals surface area contributed by atoms with Gasteiger partial charge in [-0.15, -0.1) is 0 Å². The zero-order valence-corrected chi connectivity index (χ0v) is 10.8. The minimum atomic E-state index is -0.207. The zero-order valence-electron chi connectivity index (χ0n) is 10.0. The second-order valence-electron chi connectivity index (χ2n) is 4.58. The summed E-state index contributed by atoms with van der Waals surface area (Å²) in [6, 6.07) is 5.28. The zero-order chi connectivity index (χ0) is 12.3. The van der Waals surface area contributed by atoms with Crippen LogP contribution in [0.3, 0.4) is 0 Å². The summed E-state index contributed by atoms with van der Waals surface area (Å²) >= 11 is 6.05. The summed E-state index contributed by atoms with van der Waals surface area (Å²) in [6.45, 7) is 5.72. The minimum Gasteiger partial charge on any atom is -0.315 e. The summed E-state index contributed by atoms with van der Waals surface area (Å²) in [5.41, 5.74) is 0.614. The fraction of sp³-hybridized carbons (Fsp3) is 0.538. The number of rotatable bonds is 2. The van der Waals surface area contributed by atoms with Crippen molar-refractivity contribution in [1.29, 1.82) is 0 Å². The van der Waals surface area contributed by atoms with Gasteiger partial charge in [0.1, 0.15) is 5.82 Å². The summed E-state index contributed by atoms with van der Waals surface area (Å²) < 4.78 is 13.7. The summed E-state index contributed by atoms with van der Waals surface area (Å²) in [6.07, 6.45) is 1.09. The van der Waals surface area contributed by atoms with Crippen molar-refractivity contribution in [3.8, 4) is 0 Å². The Bertz CT molecular complexity index is 363. The van der Waals surface area contributed by atoms with Gasteiger partial charge in [-0.1, -0.05) is 17.7 Å².